The van der Waals surface area contributed by atoms with Gasteiger partial charge in [-0.05, 0) is 57.4 Å². The van der Waals surface area contributed by atoms with E-state index in [1.165, 1.54) is 11.5 Å². The third-order valence-corrected chi connectivity index (χ3v) is 5.75. The lowest BCUT2D eigenvalue weighted by Crippen LogP contribution is -2.60. The molecule has 0 radical (unpaired) electrons. The van der Waals surface area contributed by atoms with Gasteiger partial charge < -0.3 is 15.3 Å². The van der Waals surface area contributed by atoms with Crippen molar-refractivity contribution in [2.75, 3.05) is 18.4 Å². The number of hydrogen-bond acceptors (Lipinski definition) is 7. The van der Waals surface area contributed by atoms with E-state index in [9.17, 15) is 10.0 Å². The van der Waals surface area contributed by atoms with E-state index < -0.39 is 22.5 Å². The molecule has 0 saturated heterocycles. The summed E-state index contributed by atoms with van der Waals surface area (Å²) >= 11 is 7.46. The van der Waals surface area contributed by atoms with Crippen molar-refractivity contribution in [1.29, 1.82) is 0 Å². The summed E-state index contributed by atoms with van der Waals surface area (Å²) in [7, 11) is 0. The summed E-state index contributed by atoms with van der Waals surface area (Å²) in [4.78, 5) is 12.9. The standard InChI is InChI=1S/C22H27ClN4O3S/c1-15(16-8-6-5-7-9-16)27(29,21(28)30-22(2,3)4)25-13-12-24-20-18-14-17(23)10-11-19(18)31-26-20/h5-11,14-15,25H,12-13H2,1-4H3,(H,24,26). The Hall–Kier alpha value is -2.23. The predicted octanol–water partition coefficient (Wildman–Crippen LogP) is 5.88. The van der Waals surface area contributed by atoms with Gasteiger partial charge in [-0.2, -0.15) is 19.3 Å². The highest BCUT2D eigenvalue weighted by molar-refractivity contribution is 7.13. The van der Waals surface area contributed by atoms with Gasteiger partial charge in [-0.25, -0.2) is 0 Å². The van der Waals surface area contributed by atoms with Crippen LogP contribution in [-0.4, -0.2) is 33.9 Å². The van der Waals surface area contributed by atoms with Crippen LogP contribution >= 0.6 is 23.1 Å². The highest BCUT2D eigenvalue weighted by atomic mass is 35.5. The maximum Gasteiger partial charge on any atom is 0.537 e. The number of aromatic nitrogens is 1. The fourth-order valence-corrected chi connectivity index (χ4v) is 3.98. The first-order valence-electron chi connectivity index (χ1n) is 10.0. The largest absolute Gasteiger partial charge is 0.601 e. The molecule has 2 N–H and O–H groups in total. The lowest BCUT2D eigenvalue weighted by atomic mass is 10.1. The molecule has 2 unspecified atom stereocenters. The van der Waals surface area contributed by atoms with Crippen LogP contribution < -0.4 is 10.7 Å². The molecule has 7 nitrogen and oxygen atoms in total. The molecule has 0 spiro atoms. The van der Waals surface area contributed by atoms with E-state index in [-0.39, 0.29) is 6.54 Å². The lowest BCUT2D eigenvalue weighted by Gasteiger charge is -2.43. The Balaban J connectivity index is 1.72. The van der Waals surface area contributed by atoms with E-state index in [1.54, 1.807) is 27.7 Å². The van der Waals surface area contributed by atoms with Crippen molar-refractivity contribution in [3.63, 3.8) is 0 Å². The number of halogens is 1. The number of hydrogen-bond donors (Lipinski definition) is 2. The second kappa shape index (κ2) is 9.50. The molecule has 0 saturated carbocycles. The minimum Gasteiger partial charge on any atom is -0.601 e. The zero-order valence-electron chi connectivity index (χ0n) is 18.0. The van der Waals surface area contributed by atoms with E-state index in [2.05, 4.69) is 15.1 Å². The first kappa shape index (κ1) is 23.4. The second-order valence-corrected chi connectivity index (χ2v) is 9.47. The number of amides is 1. The number of quaternary nitrogens is 1. The van der Waals surface area contributed by atoms with Crippen molar-refractivity contribution >= 4 is 45.1 Å². The summed E-state index contributed by atoms with van der Waals surface area (Å²) in [6.07, 6.45) is -0.880. The topological polar surface area (TPSA) is 86.3 Å². The molecular formula is C22H27ClN4O3S. The van der Waals surface area contributed by atoms with Crippen molar-refractivity contribution in [3.8, 4) is 0 Å². The molecule has 166 valence electrons. The molecule has 9 heteroatoms. The van der Waals surface area contributed by atoms with E-state index in [0.29, 0.717) is 17.4 Å². The molecule has 0 aliphatic rings. The molecule has 3 aromatic rings. The number of carbonyl (C=O) groups excluding carboxylic acids is 1. The van der Waals surface area contributed by atoms with Gasteiger partial charge in [0.2, 0.25) is 0 Å². The minimum absolute atomic E-state index is 0.222. The summed E-state index contributed by atoms with van der Waals surface area (Å²) in [5, 5.41) is 18.5. The predicted molar refractivity (Wildman–Crippen MR) is 126 cm³/mol. The van der Waals surface area contributed by atoms with Crippen LogP contribution in [0.25, 0.3) is 10.1 Å². The first-order valence-corrected chi connectivity index (χ1v) is 11.2. The Labute approximate surface area is 191 Å². The van der Waals surface area contributed by atoms with Gasteiger partial charge in [-0.15, -0.1) is 0 Å². The van der Waals surface area contributed by atoms with Gasteiger partial charge in [0.1, 0.15) is 17.5 Å². The SMILES string of the molecule is CC(c1ccccc1)[N+]([O-])(NCCNc1nsc2ccc(Cl)cc12)C(=O)OC(C)(C)C. The van der Waals surface area contributed by atoms with Crippen molar-refractivity contribution in [3.05, 3.63) is 64.3 Å². The zero-order valence-corrected chi connectivity index (χ0v) is 19.6. The third-order valence-electron chi connectivity index (χ3n) is 4.69. The van der Waals surface area contributed by atoms with Crippen LogP contribution in [0.2, 0.25) is 5.02 Å². The Kier molecular flexibility index (Phi) is 7.18. The van der Waals surface area contributed by atoms with Crippen LogP contribution in [-0.2, 0) is 4.74 Å². The molecule has 1 amide bonds. The number of nitrogens with zero attached hydrogens (tertiary/aromatic N) is 2. The quantitative estimate of drug-likeness (QED) is 0.259. The molecule has 0 fully saturated rings. The van der Waals surface area contributed by atoms with Gasteiger partial charge in [-0.1, -0.05) is 41.9 Å². The monoisotopic (exact) mass is 462 g/mol. The maximum absolute atomic E-state index is 13.7. The van der Waals surface area contributed by atoms with Gasteiger partial charge in [0.15, 0.2) is 0 Å². The number of anilines is 1. The van der Waals surface area contributed by atoms with Crippen molar-refractivity contribution in [2.24, 2.45) is 0 Å². The number of nitrogens with one attached hydrogen (secondary N) is 2. The fraction of sp³-hybridized carbons (Fsp3) is 0.364. The Morgan fingerprint density at radius 1 is 1.23 bits per heavy atom. The summed E-state index contributed by atoms with van der Waals surface area (Å²) in [5.41, 5.74) is 2.80. The Bertz CT molecular complexity index is 1040. The average Bonchev–Trinajstić information content (AvgIpc) is 3.11. The average molecular weight is 463 g/mol. The summed E-state index contributed by atoms with van der Waals surface area (Å²) in [5.74, 6) is 0.696. The number of ether oxygens (including phenoxy) is 1. The normalized spacial score (nSPS) is 14.8. The number of benzene rings is 2. The van der Waals surface area contributed by atoms with Crippen LogP contribution in [0.5, 0.6) is 0 Å². The number of hydroxylamine groups is 2. The van der Waals surface area contributed by atoms with E-state index in [1.807, 2.05) is 48.5 Å². The van der Waals surface area contributed by atoms with Crippen LogP contribution in [0.1, 0.15) is 39.3 Å². The van der Waals surface area contributed by atoms with Gasteiger partial charge >= 0.3 is 6.09 Å². The molecule has 31 heavy (non-hydrogen) atoms. The van der Waals surface area contributed by atoms with Crippen LogP contribution in [0, 0.1) is 5.21 Å². The molecule has 0 aliphatic carbocycles. The zero-order chi connectivity index (χ0) is 22.6. The molecule has 0 aliphatic heterocycles. The molecule has 1 aromatic heterocycles. The molecular weight excluding hydrogens is 436 g/mol. The van der Waals surface area contributed by atoms with Crippen LogP contribution in [0.4, 0.5) is 10.6 Å². The fourth-order valence-electron chi connectivity index (χ4n) is 3.07. The second-order valence-electron chi connectivity index (χ2n) is 8.23. The third kappa shape index (κ3) is 5.72. The molecule has 1 heterocycles. The van der Waals surface area contributed by atoms with Gasteiger partial charge in [0.05, 0.1) is 11.2 Å². The molecule has 3 rings (SSSR count). The van der Waals surface area contributed by atoms with Gasteiger partial charge in [-0.3, -0.25) is 0 Å². The Morgan fingerprint density at radius 2 is 1.94 bits per heavy atom. The molecule has 2 aromatic carbocycles. The van der Waals surface area contributed by atoms with Crippen LogP contribution in [0.3, 0.4) is 0 Å². The smallest absolute Gasteiger partial charge is 0.537 e. The number of carbonyl (C=O) groups is 1. The summed E-state index contributed by atoms with van der Waals surface area (Å²) in [6.45, 7) is 7.54. The molecule has 0 bridgehead atoms. The Morgan fingerprint density at radius 3 is 2.61 bits per heavy atom. The highest BCUT2D eigenvalue weighted by Crippen LogP contribution is 2.30. The minimum atomic E-state index is -1.33. The van der Waals surface area contributed by atoms with E-state index in [0.717, 1.165) is 15.6 Å². The van der Waals surface area contributed by atoms with Crippen molar-refractivity contribution in [1.82, 2.24) is 9.80 Å². The molecule has 2 atom stereocenters. The lowest BCUT2D eigenvalue weighted by molar-refractivity contribution is -0.883. The number of fused-ring (bicyclic) bond motifs is 1. The van der Waals surface area contributed by atoms with Crippen LogP contribution in [0.15, 0.2) is 48.5 Å². The maximum atomic E-state index is 13.7. The van der Waals surface area contributed by atoms with Gasteiger partial charge in [0.25, 0.3) is 0 Å². The first-order chi connectivity index (χ1) is 14.6. The van der Waals surface area contributed by atoms with E-state index in [4.69, 9.17) is 16.3 Å². The van der Waals surface area contributed by atoms with Gasteiger partial charge in [0, 0.05) is 22.5 Å². The summed E-state index contributed by atoms with van der Waals surface area (Å²) < 4.78 is 9.53. The summed E-state index contributed by atoms with van der Waals surface area (Å²) in [6, 6.07) is 14.1. The highest BCUT2D eigenvalue weighted by Gasteiger charge is 2.39. The van der Waals surface area contributed by atoms with E-state index >= 15 is 0 Å². The van der Waals surface area contributed by atoms with Crippen molar-refractivity contribution < 1.29 is 14.3 Å². The van der Waals surface area contributed by atoms with Crippen molar-refractivity contribution in [2.45, 2.75) is 39.3 Å². The number of rotatable bonds is 7.